The normalized spacial score (nSPS) is 9.80. The zero-order valence-electron chi connectivity index (χ0n) is 5.48. The molecule has 0 amide bonds. The summed E-state index contributed by atoms with van der Waals surface area (Å²) < 4.78 is 0. The van der Waals surface area contributed by atoms with E-state index in [0.717, 1.165) is 5.33 Å². The van der Waals surface area contributed by atoms with E-state index in [1.807, 2.05) is 18.2 Å². The lowest BCUT2D eigenvalue weighted by Crippen LogP contribution is -1.85. The van der Waals surface area contributed by atoms with E-state index in [1.165, 1.54) is 11.1 Å². The summed E-state index contributed by atoms with van der Waals surface area (Å²) in [7, 11) is 0. The van der Waals surface area contributed by atoms with Crippen LogP contribution in [-0.2, 0) is 11.2 Å². The highest BCUT2D eigenvalue weighted by molar-refractivity contribution is 9.08. The molecule has 0 aliphatic heterocycles. The van der Waals surface area contributed by atoms with Gasteiger partial charge >= 0.3 is 0 Å². The maximum atomic E-state index is 5.69. The topological polar surface area (TPSA) is 0 Å². The number of halogens is 2. The highest BCUT2D eigenvalue weighted by atomic mass is 79.9. The summed E-state index contributed by atoms with van der Waals surface area (Å²) in [6.45, 7) is 0. The Morgan fingerprint density at radius 1 is 1.20 bits per heavy atom. The highest BCUT2D eigenvalue weighted by Gasteiger charge is 1.95. The Morgan fingerprint density at radius 3 is 2.20 bits per heavy atom. The Labute approximate surface area is 74.3 Å². The molecule has 1 aromatic carbocycles. The Kier molecular flexibility index (Phi) is 3.23. The first-order chi connectivity index (χ1) is 4.88. The Bertz CT molecular complexity index is 187. The molecule has 0 N–H and O–H groups in total. The van der Waals surface area contributed by atoms with Crippen molar-refractivity contribution < 1.29 is 0 Å². The smallest absolute Gasteiger partial charge is 0.0477 e. The van der Waals surface area contributed by atoms with Crippen LogP contribution in [0.4, 0.5) is 0 Å². The van der Waals surface area contributed by atoms with Crippen molar-refractivity contribution in [1.29, 1.82) is 0 Å². The molecule has 0 atom stereocenters. The summed E-state index contributed by atoms with van der Waals surface area (Å²) in [6.07, 6.45) is 0. The van der Waals surface area contributed by atoms with Gasteiger partial charge in [0.2, 0.25) is 0 Å². The lowest BCUT2D eigenvalue weighted by atomic mass is 10.1. The van der Waals surface area contributed by atoms with Crippen molar-refractivity contribution in [3.63, 3.8) is 0 Å². The van der Waals surface area contributed by atoms with Crippen LogP contribution in [-0.4, -0.2) is 0 Å². The Morgan fingerprint density at radius 2 is 1.80 bits per heavy atom. The number of benzene rings is 1. The predicted octanol–water partition coefficient (Wildman–Crippen LogP) is 3.32. The standard InChI is InChI=1S/C8H8BrCl/c9-5-7-3-1-2-4-8(7)6-10/h1-4H,5-6H2. The molecule has 1 aromatic rings. The van der Waals surface area contributed by atoms with Crippen LogP contribution >= 0.6 is 27.5 Å². The van der Waals surface area contributed by atoms with Crippen LogP contribution in [0.1, 0.15) is 11.1 Å². The minimum Gasteiger partial charge on any atom is -0.122 e. The summed E-state index contributed by atoms with van der Waals surface area (Å²) in [5, 5.41) is 0.885. The van der Waals surface area contributed by atoms with E-state index in [-0.39, 0.29) is 0 Å². The third-order valence-corrected chi connectivity index (χ3v) is 2.30. The van der Waals surface area contributed by atoms with Gasteiger partial charge in [-0.3, -0.25) is 0 Å². The highest BCUT2D eigenvalue weighted by Crippen LogP contribution is 2.13. The maximum absolute atomic E-state index is 5.69. The number of hydrogen-bond acceptors (Lipinski definition) is 0. The zero-order valence-corrected chi connectivity index (χ0v) is 7.82. The quantitative estimate of drug-likeness (QED) is 0.670. The molecule has 0 saturated carbocycles. The minimum atomic E-state index is 0.599. The molecule has 0 aliphatic carbocycles. The molecule has 0 bridgehead atoms. The van der Waals surface area contributed by atoms with Gasteiger partial charge in [0, 0.05) is 11.2 Å². The Hall–Kier alpha value is -0.0100. The van der Waals surface area contributed by atoms with Gasteiger partial charge in [0.15, 0.2) is 0 Å². The van der Waals surface area contributed by atoms with Crippen LogP contribution in [0.5, 0.6) is 0 Å². The van der Waals surface area contributed by atoms with Crippen LogP contribution < -0.4 is 0 Å². The molecule has 0 radical (unpaired) electrons. The second-order valence-corrected chi connectivity index (χ2v) is 2.86. The first-order valence-electron chi connectivity index (χ1n) is 3.07. The first kappa shape index (κ1) is 8.09. The zero-order chi connectivity index (χ0) is 7.40. The monoisotopic (exact) mass is 218 g/mol. The maximum Gasteiger partial charge on any atom is 0.0477 e. The van der Waals surface area contributed by atoms with E-state index in [0.29, 0.717) is 5.88 Å². The second-order valence-electron chi connectivity index (χ2n) is 2.04. The van der Waals surface area contributed by atoms with Gasteiger partial charge in [0.25, 0.3) is 0 Å². The number of alkyl halides is 2. The average molecular weight is 220 g/mol. The molecule has 54 valence electrons. The lowest BCUT2D eigenvalue weighted by molar-refractivity contribution is 1.28. The van der Waals surface area contributed by atoms with E-state index >= 15 is 0 Å². The lowest BCUT2D eigenvalue weighted by Gasteiger charge is -2.00. The van der Waals surface area contributed by atoms with Gasteiger partial charge < -0.3 is 0 Å². The first-order valence-corrected chi connectivity index (χ1v) is 4.72. The molecule has 2 heteroatoms. The molecule has 0 fully saturated rings. The van der Waals surface area contributed by atoms with Crippen LogP contribution in [0, 0.1) is 0 Å². The molecule has 0 spiro atoms. The average Bonchev–Trinajstić information content (AvgIpc) is 2.04. The molecular formula is C8H8BrCl. The molecule has 0 aromatic heterocycles. The third-order valence-electron chi connectivity index (χ3n) is 1.41. The van der Waals surface area contributed by atoms with Crippen molar-refractivity contribution >= 4 is 27.5 Å². The van der Waals surface area contributed by atoms with Crippen LogP contribution in [0.2, 0.25) is 0 Å². The molecule has 0 unspecified atom stereocenters. The van der Waals surface area contributed by atoms with Crippen molar-refractivity contribution in [1.82, 2.24) is 0 Å². The fourth-order valence-electron chi connectivity index (χ4n) is 0.818. The summed E-state index contributed by atoms with van der Waals surface area (Å²) in [4.78, 5) is 0. The van der Waals surface area contributed by atoms with Gasteiger partial charge in [0.1, 0.15) is 0 Å². The molecule has 0 aliphatic rings. The van der Waals surface area contributed by atoms with E-state index in [1.54, 1.807) is 0 Å². The summed E-state index contributed by atoms with van der Waals surface area (Å²) in [5.74, 6) is 0.599. The summed E-state index contributed by atoms with van der Waals surface area (Å²) in [5.41, 5.74) is 2.48. The van der Waals surface area contributed by atoms with E-state index in [9.17, 15) is 0 Å². The fraction of sp³-hybridized carbons (Fsp3) is 0.250. The largest absolute Gasteiger partial charge is 0.122 e. The van der Waals surface area contributed by atoms with Gasteiger partial charge in [-0.25, -0.2) is 0 Å². The minimum absolute atomic E-state index is 0.599. The number of rotatable bonds is 2. The van der Waals surface area contributed by atoms with Crippen LogP contribution in [0.15, 0.2) is 24.3 Å². The number of hydrogen-bond donors (Lipinski definition) is 0. The van der Waals surface area contributed by atoms with Gasteiger partial charge in [-0.2, -0.15) is 0 Å². The van der Waals surface area contributed by atoms with Crippen LogP contribution in [0.25, 0.3) is 0 Å². The van der Waals surface area contributed by atoms with E-state index in [4.69, 9.17) is 11.6 Å². The van der Waals surface area contributed by atoms with Crippen molar-refractivity contribution in [2.24, 2.45) is 0 Å². The summed E-state index contributed by atoms with van der Waals surface area (Å²) >= 11 is 9.08. The predicted molar refractivity (Wildman–Crippen MR) is 48.6 cm³/mol. The molecular weight excluding hydrogens is 211 g/mol. The molecule has 1 rings (SSSR count). The van der Waals surface area contributed by atoms with E-state index < -0.39 is 0 Å². The van der Waals surface area contributed by atoms with Crippen molar-refractivity contribution in [3.05, 3.63) is 35.4 Å². The second kappa shape index (κ2) is 3.99. The molecule has 0 saturated heterocycles. The van der Waals surface area contributed by atoms with Gasteiger partial charge in [-0.15, -0.1) is 11.6 Å². The van der Waals surface area contributed by atoms with Gasteiger partial charge in [0.05, 0.1) is 0 Å². The summed E-state index contributed by atoms with van der Waals surface area (Å²) in [6, 6.07) is 8.15. The van der Waals surface area contributed by atoms with Gasteiger partial charge in [-0.1, -0.05) is 40.2 Å². The van der Waals surface area contributed by atoms with Crippen LogP contribution in [0.3, 0.4) is 0 Å². The molecule has 0 nitrogen and oxygen atoms in total. The fourth-order valence-corrected chi connectivity index (χ4v) is 1.63. The molecule has 10 heavy (non-hydrogen) atoms. The third kappa shape index (κ3) is 1.74. The van der Waals surface area contributed by atoms with Gasteiger partial charge in [-0.05, 0) is 11.1 Å². The van der Waals surface area contributed by atoms with E-state index in [2.05, 4.69) is 22.0 Å². The molecule has 0 heterocycles. The van der Waals surface area contributed by atoms with Crippen molar-refractivity contribution in [2.45, 2.75) is 11.2 Å². The van der Waals surface area contributed by atoms with Crippen molar-refractivity contribution in [3.8, 4) is 0 Å². The SMILES string of the molecule is ClCc1ccccc1CBr. The Balaban J connectivity index is 2.96. The van der Waals surface area contributed by atoms with Crippen molar-refractivity contribution in [2.75, 3.05) is 0 Å².